The van der Waals surface area contributed by atoms with Crippen molar-refractivity contribution < 1.29 is 43.2 Å². The molecule has 0 aliphatic rings. The van der Waals surface area contributed by atoms with Crippen LogP contribution in [0.2, 0.25) is 0 Å². The number of alkyl halides is 6. The second kappa shape index (κ2) is 6.34. The second-order valence-corrected chi connectivity index (χ2v) is 10.3. The van der Waals surface area contributed by atoms with Gasteiger partial charge < -0.3 is 0 Å². The molecule has 26 heavy (non-hydrogen) atoms. The first-order valence-corrected chi connectivity index (χ1v) is 10.6. The van der Waals surface area contributed by atoms with E-state index in [1.54, 1.807) is 0 Å². The largest absolute Gasteiger partial charge is 0.501 e. The SMILES string of the molecule is O=S(=O)(c1cc2cc(S(=O)(=O)C(F)(F)F)c(Br)cc2cc1Br)C(F)(F)F. The number of benzene rings is 2. The van der Waals surface area contributed by atoms with Crippen molar-refractivity contribution in [3.05, 3.63) is 33.2 Å². The highest BCUT2D eigenvalue weighted by molar-refractivity contribution is 9.10. The summed E-state index contributed by atoms with van der Waals surface area (Å²) >= 11 is 5.33. The van der Waals surface area contributed by atoms with E-state index in [2.05, 4.69) is 31.9 Å². The van der Waals surface area contributed by atoms with Gasteiger partial charge in [-0.25, -0.2) is 16.8 Å². The van der Waals surface area contributed by atoms with Crippen molar-refractivity contribution in [2.75, 3.05) is 0 Å². The molecule has 2 rings (SSSR count). The van der Waals surface area contributed by atoms with Gasteiger partial charge in [0.15, 0.2) is 0 Å². The molecule has 0 aliphatic carbocycles. The maximum atomic E-state index is 12.7. The van der Waals surface area contributed by atoms with Gasteiger partial charge in [-0.3, -0.25) is 0 Å². The van der Waals surface area contributed by atoms with Crippen molar-refractivity contribution in [1.82, 2.24) is 0 Å². The maximum absolute atomic E-state index is 12.7. The van der Waals surface area contributed by atoms with E-state index in [0.717, 1.165) is 12.1 Å². The van der Waals surface area contributed by atoms with Crippen LogP contribution in [-0.4, -0.2) is 27.9 Å². The molecule has 2 aromatic carbocycles. The molecule has 144 valence electrons. The summed E-state index contributed by atoms with van der Waals surface area (Å²) in [5, 5.41) is -0.437. The van der Waals surface area contributed by atoms with Crippen LogP contribution < -0.4 is 0 Å². The van der Waals surface area contributed by atoms with Gasteiger partial charge >= 0.3 is 11.0 Å². The van der Waals surface area contributed by atoms with Crippen LogP contribution in [0.25, 0.3) is 10.8 Å². The fourth-order valence-corrected chi connectivity index (χ4v) is 5.61. The smallest absolute Gasteiger partial charge is 0.214 e. The molecule has 0 amide bonds. The molecule has 0 unspecified atom stereocenters. The minimum atomic E-state index is -5.82. The molecule has 0 N–H and O–H groups in total. The molecule has 4 nitrogen and oxygen atoms in total. The predicted molar refractivity (Wildman–Crippen MR) is 85.8 cm³/mol. The Morgan fingerprint density at radius 1 is 0.615 bits per heavy atom. The highest BCUT2D eigenvalue weighted by atomic mass is 79.9. The Kier molecular flexibility index (Phi) is 5.23. The van der Waals surface area contributed by atoms with E-state index in [4.69, 9.17) is 0 Å². The van der Waals surface area contributed by atoms with E-state index >= 15 is 0 Å². The van der Waals surface area contributed by atoms with Gasteiger partial charge in [-0.2, -0.15) is 26.3 Å². The minimum absolute atomic E-state index is 0.00555. The molecular formula is C12H4Br2F6O4S2. The summed E-state index contributed by atoms with van der Waals surface area (Å²) in [6.07, 6.45) is 0. The van der Waals surface area contributed by atoms with Gasteiger partial charge in [0.2, 0.25) is 0 Å². The van der Waals surface area contributed by atoms with E-state index in [0.29, 0.717) is 12.1 Å². The number of rotatable bonds is 2. The third-order valence-corrected chi connectivity index (χ3v) is 8.02. The maximum Gasteiger partial charge on any atom is 0.501 e. The third kappa shape index (κ3) is 3.47. The zero-order valence-electron chi connectivity index (χ0n) is 11.8. The molecule has 0 atom stereocenters. The highest BCUT2D eigenvalue weighted by Crippen LogP contribution is 2.40. The van der Waals surface area contributed by atoms with Gasteiger partial charge in [-0.05, 0) is 66.9 Å². The van der Waals surface area contributed by atoms with Crippen molar-refractivity contribution in [3.8, 4) is 0 Å². The van der Waals surface area contributed by atoms with Crippen molar-refractivity contribution >= 4 is 62.3 Å². The number of fused-ring (bicyclic) bond motifs is 1. The van der Waals surface area contributed by atoms with Crippen molar-refractivity contribution in [2.24, 2.45) is 0 Å². The Bertz CT molecular complexity index is 1020. The summed E-state index contributed by atoms with van der Waals surface area (Å²) in [6, 6.07) is 2.74. The average molecular weight is 550 g/mol. The molecule has 0 saturated carbocycles. The monoisotopic (exact) mass is 548 g/mol. The van der Waals surface area contributed by atoms with E-state index in [9.17, 15) is 43.2 Å². The molecule has 0 fully saturated rings. The van der Waals surface area contributed by atoms with Gasteiger partial charge in [0.05, 0.1) is 9.79 Å². The van der Waals surface area contributed by atoms with Crippen LogP contribution in [0.3, 0.4) is 0 Å². The molecule has 0 spiro atoms. The summed E-state index contributed by atoms with van der Waals surface area (Å²) < 4.78 is 122. The first-order valence-electron chi connectivity index (χ1n) is 6.05. The lowest BCUT2D eigenvalue weighted by molar-refractivity contribution is -0.0442. The number of hydrogen-bond donors (Lipinski definition) is 0. The molecule has 14 heteroatoms. The Morgan fingerprint density at radius 2 is 0.885 bits per heavy atom. The Balaban J connectivity index is 2.87. The van der Waals surface area contributed by atoms with Crippen molar-refractivity contribution in [3.63, 3.8) is 0 Å². The van der Waals surface area contributed by atoms with Gasteiger partial charge in [-0.15, -0.1) is 0 Å². The van der Waals surface area contributed by atoms with Crippen LogP contribution in [0, 0.1) is 0 Å². The van der Waals surface area contributed by atoms with Crippen LogP contribution in [0.1, 0.15) is 0 Å². The molecule has 0 aromatic heterocycles. The Labute approximate surface area is 159 Å². The number of halogens is 8. The molecule has 0 bridgehead atoms. The summed E-state index contributed by atoms with van der Waals surface area (Å²) in [4.78, 5) is -2.51. The van der Waals surface area contributed by atoms with Gasteiger partial charge in [0.25, 0.3) is 19.7 Å². The summed E-state index contributed by atoms with van der Waals surface area (Å²) in [6.45, 7) is 0. The van der Waals surface area contributed by atoms with Crippen LogP contribution in [0.5, 0.6) is 0 Å². The minimum Gasteiger partial charge on any atom is -0.214 e. The van der Waals surface area contributed by atoms with Gasteiger partial charge in [0, 0.05) is 8.95 Å². The Morgan fingerprint density at radius 3 is 1.15 bits per heavy atom. The quantitative estimate of drug-likeness (QED) is 0.497. The van der Waals surface area contributed by atoms with E-state index in [1.165, 1.54) is 0 Å². The normalized spacial score (nSPS) is 14.0. The highest BCUT2D eigenvalue weighted by Gasteiger charge is 2.49. The van der Waals surface area contributed by atoms with E-state index in [-0.39, 0.29) is 5.39 Å². The lowest BCUT2D eigenvalue weighted by atomic mass is 10.1. The molecule has 0 radical (unpaired) electrons. The first-order chi connectivity index (χ1) is 11.5. The summed E-state index contributed by atoms with van der Waals surface area (Å²) in [5.74, 6) is 0. The van der Waals surface area contributed by atoms with Crippen LogP contribution >= 0.6 is 31.9 Å². The lowest BCUT2D eigenvalue weighted by Gasteiger charge is -2.14. The molecule has 0 heterocycles. The van der Waals surface area contributed by atoms with E-state index in [1.807, 2.05) is 0 Å². The van der Waals surface area contributed by atoms with Crippen molar-refractivity contribution in [2.45, 2.75) is 20.8 Å². The first kappa shape index (κ1) is 21.4. The zero-order chi connectivity index (χ0) is 20.3. The topological polar surface area (TPSA) is 68.3 Å². The summed E-state index contributed by atoms with van der Waals surface area (Å²) in [7, 11) is -11.6. The molecular weight excluding hydrogens is 546 g/mol. The van der Waals surface area contributed by atoms with Crippen LogP contribution in [0.15, 0.2) is 43.0 Å². The predicted octanol–water partition coefficient (Wildman–Crippen LogP) is 4.95. The van der Waals surface area contributed by atoms with Gasteiger partial charge in [0.1, 0.15) is 0 Å². The molecule has 0 saturated heterocycles. The standard InChI is InChI=1S/C12H4Br2F6O4S2/c13-7-1-5-2-8(14)10(26(23,24)12(18,19)20)4-6(5)3-9(7)25(21,22)11(15,16)17/h1-4H. The lowest BCUT2D eigenvalue weighted by Crippen LogP contribution is -2.24. The average Bonchev–Trinajstić information content (AvgIpc) is 2.43. The number of hydrogen-bond acceptors (Lipinski definition) is 4. The Hall–Kier alpha value is -0.860. The summed E-state index contributed by atoms with van der Waals surface area (Å²) in [5.41, 5.74) is -11.3. The van der Waals surface area contributed by atoms with Crippen LogP contribution in [-0.2, 0) is 19.7 Å². The van der Waals surface area contributed by atoms with E-state index < -0.39 is 54.8 Å². The third-order valence-electron chi connectivity index (χ3n) is 3.13. The fourth-order valence-electron chi connectivity index (χ4n) is 1.91. The van der Waals surface area contributed by atoms with Crippen molar-refractivity contribution in [1.29, 1.82) is 0 Å². The molecule has 0 aliphatic heterocycles. The van der Waals surface area contributed by atoms with Gasteiger partial charge in [-0.1, -0.05) is 0 Å². The molecule has 2 aromatic rings. The fraction of sp³-hybridized carbons (Fsp3) is 0.167. The second-order valence-electron chi connectivity index (χ2n) is 4.81. The number of sulfone groups is 2. The van der Waals surface area contributed by atoms with Crippen LogP contribution in [0.4, 0.5) is 26.3 Å². The zero-order valence-corrected chi connectivity index (χ0v) is 16.6.